The largest absolute Gasteiger partial charge is 0.461 e. The van der Waals surface area contributed by atoms with Crippen LogP contribution in [-0.4, -0.2) is 34.7 Å². The normalized spacial score (nSPS) is 24.6. The van der Waals surface area contributed by atoms with E-state index in [9.17, 15) is 4.79 Å². The van der Waals surface area contributed by atoms with Gasteiger partial charge in [-0.25, -0.2) is 9.78 Å². The van der Waals surface area contributed by atoms with E-state index in [2.05, 4.69) is 17.2 Å². The molecular weight excluding hydrogens is 218 g/mol. The summed E-state index contributed by atoms with van der Waals surface area (Å²) in [5, 5.41) is 3.42. The molecule has 1 fully saturated rings. The minimum atomic E-state index is -0.289. The molecule has 1 aliphatic heterocycles. The van der Waals surface area contributed by atoms with Gasteiger partial charge in [-0.2, -0.15) is 0 Å². The van der Waals surface area contributed by atoms with Gasteiger partial charge in [-0.3, -0.25) is 0 Å². The molecular formula is C12H19N3O2. The van der Waals surface area contributed by atoms with Gasteiger partial charge in [0.1, 0.15) is 5.69 Å². The second kappa shape index (κ2) is 5.31. The highest BCUT2D eigenvalue weighted by molar-refractivity contribution is 5.87. The first-order valence-electron chi connectivity index (χ1n) is 6.16. The molecule has 94 valence electrons. The molecule has 2 heterocycles. The molecule has 0 aliphatic carbocycles. The van der Waals surface area contributed by atoms with Crippen molar-refractivity contribution in [2.75, 3.05) is 13.2 Å². The van der Waals surface area contributed by atoms with Crippen molar-refractivity contribution in [1.82, 2.24) is 14.9 Å². The van der Waals surface area contributed by atoms with Crippen molar-refractivity contribution in [3.8, 4) is 0 Å². The summed E-state index contributed by atoms with van der Waals surface area (Å²) in [4.78, 5) is 15.8. The van der Waals surface area contributed by atoms with E-state index in [0.717, 1.165) is 19.4 Å². The molecule has 5 heteroatoms. The molecule has 0 amide bonds. The summed E-state index contributed by atoms with van der Waals surface area (Å²) in [6.07, 6.45) is 5.49. The van der Waals surface area contributed by atoms with Gasteiger partial charge < -0.3 is 14.6 Å². The second-order valence-corrected chi connectivity index (χ2v) is 4.36. The number of aromatic nitrogens is 2. The van der Waals surface area contributed by atoms with E-state index in [0.29, 0.717) is 18.3 Å². The quantitative estimate of drug-likeness (QED) is 0.807. The standard InChI is InChI=1S/C12H19N3O2/c1-3-17-12(16)11-7-13-8-15(11)10-5-4-6-14-9(10)2/h7-10,14H,3-6H2,1-2H3. The van der Waals surface area contributed by atoms with Gasteiger partial charge in [0.05, 0.1) is 25.2 Å². The van der Waals surface area contributed by atoms with Crippen molar-refractivity contribution in [3.63, 3.8) is 0 Å². The molecule has 1 aromatic heterocycles. The second-order valence-electron chi connectivity index (χ2n) is 4.36. The zero-order chi connectivity index (χ0) is 12.3. The number of imidazole rings is 1. The number of carbonyl (C=O) groups is 1. The summed E-state index contributed by atoms with van der Waals surface area (Å²) >= 11 is 0. The Bertz CT molecular complexity index is 389. The Hall–Kier alpha value is -1.36. The summed E-state index contributed by atoms with van der Waals surface area (Å²) in [7, 11) is 0. The van der Waals surface area contributed by atoms with Crippen LogP contribution >= 0.6 is 0 Å². The van der Waals surface area contributed by atoms with Crippen molar-refractivity contribution >= 4 is 5.97 Å². The Morgan fingerprint density at radius 3 is 3.24 bits per heavy atom. The van der Waals surface area contributed by atoms with Crippen molar-refractivity contribution in [3.05, 3.63) is 18.2 Å². The number of rotatable bonds is 3. The molecule has 0 radical (unpaired) electrons. The van der Waals surface area contributed by atoms with Gasteiger partial charge >= 0.3 is 5.97 Å². The van der Waals surface area contributed by atoms with Gasteiger partial charge in [-0.15, -0.1) is 0 Å². The zero-order valence-electron chi connectivity index (χ0n) is 10.3. The Balaban J connectivity index is 2.20. The van der Waals surface area contributed by atoms with Crippen molar-refractivity contribution in [2.45, 2.75) is 38.8 Å². The van der Waals surface area contributed by atoms with Crippen LogP contribution < -0.4 is 5.32 Å². The third kappa shape index (κ3) is 2.49. The van der Waals surface area contributed by atoms with E-state index in [1.165, 1.54) is 0 Å². The number of carbonyl (C=O) groups excluding carboxylic acids is 1. The first kappa shape index (κ1) is 12.1. The number of ether oxygens (including phenoxy) is 1. The van der Waals surface area contributed by atoms with Crippen LogP contribution in [0, 0.1) is 0 Å². The van der Waals surface area contributed by atoms with Gasteiger partial charge in [-0.1, -0.05) is 0 Å². The minimum Gasteiger partial charge on any atom is -0.461 e. The molecule has 1 N–H and O–H groups in total. The first-order valence-corrected chi connectivity index (χ1v) is 6.16. The topological polar surface area (TPSA) is 56.1 Å². The first-order chi connectivity index (χ1) is 8.24. The molecule has 5 nitrogen and oxygen atoms in total. The van der Waals surface area contributed by atoms with E-state index in [1.807, 2.05) is 11.5 Å². The Morgan fingerprint density at radius 1 is 1.71 bits per heavy atom. The highest BCUT2D eigenvalue weighted by Crippen LogP contribution is 2.23. The van der Waals surface area contributed by atoms with Crippen LogP contribution in [0.4, 0.5) is 0 Å². The highest BCUT2D eigenvalue weighted by Gasteiger charge is 2.26. The van der Waals surface area contributed by atoms with Gasteiger partial charge in [0.15, 0.2) is 0 Å². The van der Waals surface area contributed by atoms with Crippen molar-refractivity contribution < 1.29 is 9.53 Å². The summed E-state index contributed by atoms with van der Waals surface area (Å²) in [6, 6.07) is 0.636. The summed E-state index contributed by atoms with van der Waals surface area (Å²) < 4.78 is 6.97. The summed E-state index contributed by atoms with van der Waals surface area (Å²) in [6.45, 7) is 5.38. The molecule has 2 atom stereocenters. The maximum absolute atomic E-state index is 11.8. The smallest absolute Gasteiger partial charge is 0.356 e. The SMILES string of the molecule is CCOC(=O)c1cncn1C1CCCNC1C. The fourth-order valence-corrected chi connectivity index (χ4v) is 2.34. The molecule has 0 bridgehead atoms. The van der Waals surface area contributed by atoms with Crippen LogP contribution in [0.1, 0.15) is 43.2 Å². The molecule has 0 aromatic carbocycles. The molecule has 2 unspecified atom stereocenters. The molecule has 1 aromatic rings. The molecule has 1 saturated heterocycles. The van der Waals surface area contributed by atoms with Crippen LogP contribution in [0.15, 0.2) is 12.5 Å². The van der Waals surface area contributed by atoms with Crippen LogP contribution in [0.2, 0.25) is 0 Å². The maximum Gasteiger partial charge on any atom is 0.356 e. The molecule has 0 saturated carbocycles. The van der Waals surface area contributed by atoms with Crippen molar-refractivity contribution in [2.24, 2.45) is 0 Å². The lowest BCUT2D eigenvalue weighted by atomic mass is 9.99. The van der Waals surface area contributed by atoms with Gasteiger partial charge in [0, 0.05) is 6.04 Å². The molecule has 0 spiro atoms. The zero-order valence-corrected chi connectivity index (χ0v) is 10.3. The van der Waals surface area contributed by atoms with Crippen molar-refractivity contribution in [1.29, 1.82) is 0 Å². The Labute approximate surface area is 101 Å². The monoisotopic (exact) mass is 237 g/mol. The minimum absolute atomic E-state index is 0.283. The van der Waals surface area contributed by atoms with Crippen LogP contribution in [-0.2, 0) is 4.74 Å². The fourth-order valence-electron chi connectivity index (χ4n) is 2.34. The van der Waals surface area contributed by atoms with E-state index in [4.69, 9.17) is 4.74 Å². The van der Waals surface area contributed by atoms with E-state index in [-0.39, 0.29) is 12.0 Å². The van der Waals surface area contributed by atoms with Gasteiger partial charge in [0.25, 0.3) is 0 Å². The average Bonchev–Trinajstić information content (AvgIpc) is 2.79. The fraction of sp³-hybridized carbons (Fsp3) is 0.667. The predicted octanol–water partition coefficient (Wildman–Crippen LogP) is 1.37. The van der Waals surface area contributed by atoms with Crippen LogP contribution in [0.25, 0.3) is 0 Å². The third-order valence-electron chi connectivity index (χ3n) is 3.23. The summed E-state index contributed by atoms with van der Waals surface area (Å²) in [5.74, 6) is -0.289. The van der Waals surface area contributed by atoms with Crippen LogP contribution in [0.5, 0.6) is 0 Å². The average molecular weight is 237 g/mol. The highest BCUT2D eigenvalue weighted by atomic mass is 16.5. The lowest BCUT2D eigenvalue weighted by Crippen LogP contribution is -2.40. The number of nitrogens with zero attached hydrogens (tertiary/aromatic N) is 2. The lowest BCUT2D eigenvalue weighted by Gasteiger charge is -2.31. The third-order valence-corrected chi connectivity index (χ3v) is 3.23. The maximum atomic E-state index is 11.8. The Kier molecular flexibility index (Phi) is 3.78. The van der Waals surface area contributed by atoms with E-state index >= 15 is 0 Å². The van der Waals surface area contributed by atoms with Gasteiger partial charge in [-0.05, 0) is 33.2 Å². The number of piperidine rings is 1. The summed E-state index contributed by atoms with van der Waals surface area (Å²) in [5.41, 5.74) is 0.549. The number of hydrogen-bond acceptors (Lipinski definition) is 4. The van der Waals surface area contributed by atoms with E-state index < -0.39 is 0 Å². The van der Waals surface area contributed by atoms with Gasteiger partial charge in [0.2, 0.25) is 0 Å². The number of hydrogen-bond donors (Lipinski definition) is 1. The molecule has 1 aliphatic rings. The van der Waals surface area contributed by atoms with Crippen LogP contribution in [0.3, 0.4) is 0 Å². The number of esters is 1. The molecule has 2 rings (SSSR count). The predicted molar refractivity (Wildman–Crippen MR) is 63.9 cm³/mol. The Morgan fingerprint density at radius 2 is 2.53 bits per heavy atom. The molecule has 17 heavy (non-hydrogen) atoms. The number of nitrogens with one attached hydrogen (secondary N) is 1. The van der Waals surface area contributed by atoms with E-state index in [1.54, 1.807) is 12.5 Å². The lowest BCUT2D eigenvalue weighted by molar-refractivity contribution is 0.0508.